The van der Waals surface area contributed by atoms with Gasteiger partial charge in [0.05, 0.1) is 4.90 Å². The van der Waals surface area contributed by atoms with Gasteiger partial charge in [0.25, 0.3) is 0 Å². The van der Waals surface area contributed by atoms with Crippen LogP contribution in [0.25, 0.3) is 0 Å². The van der Waals surface area contributed by atoms with E-state index in [1.54, 1.807) is 18.2 Å². The number of carbonyl (C=O) groups excluding carboxylic acids is 1. The van der Waals surface area contributed by atoms with Crippen molar-refractivity contribution < 1.29 is 17.9 Å². The molecular formula is C12H15NO4S. The van der Waals surface area contributed by atoms with E-state index in [2.05, 4.69) is 11.3 Å². The predicted octanol–water partition coefficient (Wildman–Crippen LogP) is 1.08. The predicted molar refractivity (Wildman–Crippen MR) is 67.4 cm³/mol. The molecule has 0 aliphatic carbocycles. The van der Waals surface area contributed by atoms with Gasteiger partial charge in [0, 0.05) is 12.1 Å². The Bertz CT molecular complexity index is 522. The van der Waals surface area contributed by atoms with Crippen LogP contribution in [0, 0.1) is 0 Å². The van der Waals surface area contributed by atoms with Gasteiger partial charge in [0.15, 0.2) is 0 Å². The third-order valence-electron chi connectivity index (χ3n) is 2.03. The molecule has 0 saturated heterocycles. The standard InChI is InChI=1S/C12H15NO4S/c1-10(2)12(14)17-9-8-13-18(15,16)11-6-4-3-5-7-11/h3-7,13H,1,8-9H2,2H3. The molecule has 0 unspecified atom stereocenters. The number of ether oxygens (including phenoxy) is 1. The maximum absolute atomic E-state index is 11.7. The number of rotatable bonds is 6. The zero-order valence-electron chi connectivity index (χ0n) is 10.0. The van der Waals surface area contributed by atoms with E-state index in [0.29, 0.717) is 0 Å². The Morgan fingerprint density at radius 1 is 1.33 bits per heavy atom. The molecule has 1 aromatic rings. The van der Waals surface area contributed by atoms with Gasteiger partial charge in [-0.3, -0.25) is 0 Å². The molecule has 5 nitrogen and oxygen atoms in total. The van der Waals surface area contributed by atoms with Crippen molar-refractivity contribution in [3.63, 3.8) is 0 Å². The number of esters is 1. The average molecular weight is 269 g/mol. The minimum atomic E-state index is -3.54. The van der Waals surface area contributed by atoms with E-state index >= 15 is 0 Å². The molecule has 0 atom stereocenters. The summed E-state index contributed by atoms with van der Waals surface area (Å²) in [7, 11) is -3.54. The fraction of sp³-hybridized carbons (Fsp3) is 0.250. The van der Waals surface area contributed by atoms with Gasteiger partial charge < -0.3 is 4.74 Å². The summed E-state index contributed by atoms with van der Waals surface area (Å²) in [6.07, 6.45) is 0. The Kier molecular flexibility index (Phi) is 5.06. The maximum atomic E-state index is 11.7. The average Bonchev–Trinajstić information content (AvgIpc) is 2.35. The summed E-state index contributed by atoms with van der Waals surface area (Å²) in [6, 6.07) is 7.98. The van der Waals surface area contributed by atoms with Crippen LogP contribution in [0.3, 0.4) is 0 Å². The van der Waals surface area contributed by atoms with Crippen LogP contribution in [0.15, 0.2) is 47.4 Å². The summed E-state index contributed by atoms with van der Waals surface area (Å²) >= 11 is 0. The Hall–Kier alpha value is -1.66. The normalized spacial score (nSPS) is 10.9. The van der Waals surface area contributed by atoms with Crippen molar-refractivity contribution in [1.82, 2.24) is 4.72 Å². The Labute approximate surface area is 107 Å². The second-order valence-corrected chi connectivity index (χ2v) is 5.39. The zero-order chi connectivity index (χ0) is 13.6. The minimum absolute atomic E-state index is 0.0241. The quantitative estimate of drug-likeness (QED) is 0.476. The summed E-state index contributed by atoms with van der Waals surface area (Å²) in [5.74, 6) is -0.533. The largest absolute Gasteiger partial charge is 0.461 e. The smallest absolute Gasteiger partial charge is 0.333 e. The van der Waals surface area contributed by atoms with E-state index in [-0.39, 0.29) is 23.6 Å². The Morgan fingerprint density at radius 2 is 1.94 bits per heavy atom. The van der Waals surface area contributed by atoms with E-state index in [4.69, 9.17) is 4.74 Å². The van der Waals surface area contributed by atoms with Gasteiger partial charge in [-0.25, -0.2) is 17.9 Å². The van der Waals surface area contributed by atoms with Gasteiger partial charge >= 0.3 is 5.97 Å². The van der Waals surface area contributed by atoms with E-state index in [9.17, 15) is 13.2 Å². The SMILES string of the molecule is C=C(C)C(=O)OCCNS(=O)(=O)c1ccccc1. The summed E-state index contributed by atoms with van der Waals surface area (Å²) in [5, 5.41) is 0. The maximum Gasteiger partial charge on any atom is 0.333 e. The van der Waals surface area contributed by atoms with Crippen molar-refractivity contribution >= 4 is 16.0 Å². The van der Waals surface area contributed by atoms with Crippen molar-refractivity contribution in [2.24, 2.45) is 0 Å². The van der Waals surface area contributed by atoms with E-state index in [1.165, 1.54) is 19.1 Å². The molecule has 18 heavy (non-hydrogen) atoms. The lowest BCUT2D eigenvalue weighted by Gasteiger charge is -2.07. The number of nitrogens with one attached hydrogen (secondary N) is 1. The zero-order valence-corrected chi connectivity index (χ0v) is 10.9. The molecule has 0 saturated carbocycles. The molecule has 6 heteroatoms. The third-order valence-corrected chi connectivity index (χ3v) is 3.51. The molecule has 0 spiro atoms. The van der Waals surface area contributed by atoms with Gasteiger partial charge in [0.1, 0.15) is 6.61 Å². The number of hydrogen-bond donors (Lipinski definition) is 1. The first kappa shape index (κ1) is 14.4. The fourth-order valence-electron chi connectivity index (χ4n) is 1.13. The molecule has 98 valence electrons. The van der Waals surface area contributed by atoms with Crippen LogP contribution in [-0.4, -0.2) is 27.5 Å². The van der Waals surface area contributed by atoms with Crippen LogP contribution in [0.4, 0.5) is 0 Å². The molecule has 0 radical (unpaired) electrons. The molecule has 0 fully saturated rings. The van der Waals surface area contributed by atoms with Crippen LogP contribution in [0.2, 0.25) is 0 Å². The third kappa shape index (κ3) is 4.31. The fourth-order valence-corrected chi connectivity index (χ4v) is 2.16. The van der Waals surface area contributed by atoms with Crippen LogP contribution < -0.4 is 4.72 Å². The topological polar surface area (TPSA) is 72.5 Å². The highest BCUT2D eigenvalue weighted by molar-refractivity contribution is 7.89. The first-order valence-electron chi connectivity index (χ1n) is 5.31. The van der Waals surface area contributed by atoms with Gasteiger partial charge in [-0.05, 0) is 19.1 Å². The van der Waals surface area contributed by atoms with Crippen molar-refractivity contribution in [2.75, 3.05) is 13.2 Å². The molecule has 0 aliphatic heterocycles. The van der Waals surface area contributed by atoms with Crippen molar-refractivity contribution in [3.05, 3.63) is 42.5 Å². The second kappa shape index (κ2) is 6.32. The van der Waals surface area contributed by atoms with E-state index in [0.717, 1.165) is 0 Å². The van der Waals surface area contributed by atoms with Gasteiger partial charge in [-0.1, -0.05) is 24.8 Å². The molecule has 0 heterocycles. The minimum Gasteiger partial charge on any atom is -0.461 e. The van der Waals surface area contributed by atoms with Crippen molar-refractivity contribution in [3.8, 4) is 0 Å². The van der Waals surface area contributed by atoms with Gasteiger partial charge in [0.2, 0.25) is 10.0 Å². The Morgan fingerprint density at radius 3 is 2.50 bits per heavy atom. The number of benzene rings is 1. The highest BCUT2D eigenvalue weighted by Gasteiger charge is 2.12. The summed E-state index contributed by atoms with van der Waals surface area (Å²) in [6.45, 7) is 4.94. The number of hydrogen-bond acceptors (Lipinski definition) is 4. The lowest BCUT2D eigenvalue weighted by molar-refractivity contribution is -0.138. The second-order valence-electron chi connectivity index (χ2n) is 3.63. The number of sulfonamides is 1. The highest BCUT2D eigenvalue weighted by Crippen LogP contribution is 2.06. The molecule has 1 N–H and O–H groups in total. The Balaban J connectivity index is 2.45. The van der Waals surface area contributed by atoms with Crippen molar-refractivity contribution in [1.29, 1.82) is 0 Å². The van der Waals surface area contributed by atoms with Crippen LogP contribution in [0.5, 0.6) is 0 Å². The van der Waals surface area contributed by atoms with Crippen molar-refractivity contribution in [2.45, 2.75) is 11.8 Å². The van der Waals surface area contributed by atoms with Crippen LogP contribution in [-0.2, 0) is 19.6 Å². The van der Waals surface area contributed by atoms with Crippen LogP contribution in [0.1, 0.15) is 6.92 Å². The first-order valence-corrected chi connectivity index (χ1v) is 6.79. The van der Waals surface area contributed by atoms with E-state index < -0.39 is 16.0 Å². The van der Waals surface area contributed by atoms with E-state index in [1.807, 2.05) is 0 Å². The molecule has 1 aromatic carbocycles. The van der Waals surface area contributed by atoms with Crippen LogP contribution >= 0.6 is 0 Å². The lowest BCUT2D eigenvalue weighted by atomic mass is 10.4. The molecule has 0 amide bonds. The van der Waals surface area contributed by atoms with Gasteiger partial charge in [-0.2, -0.15) is 0 Å². The molecule has 0 aromatic heterocycles. The molecule has 1 rings (SSSR count). The highest BCUT2D eigenvalue weighted by atomic mass is 32.2. The first-order chi connectivity index (χ1) is 8.43. The summed E-state index contributed by atoms with van der Waals surface area (Å²) < 4.78 is 30.6. The molecule has 0 aliphatic rings. The summed E-state index contributed by atoms with van der Waals surface area (Å²) in [5.41, 5.74) is 0.279. The number of carbonyl (C=O) groups is 1. The monoisotopic (exact) mass is 269 g/mol. The lowest BCUT2D eigenvalue weighted by Crippen LogP contribution is -2.28. The summed E-state index contributed by atoms with van der Waals surface area (Å²) in [4.78, 5) is 11.2. The molecule has 0 bridgehead atoms. The van der Waals surface area contributed by atoms with Gasteiger partial charge in [-0.15, -0.1) is 0 Å². The molecular weight excluding hydrogens is 254 g/mol.